The highest BCUT2D eigenvalue weighted by molar-refractivity contribution is 7.89. The summed E-state index contributed by atoms with van der Waals surface area (Å²) in [6.45, 7) is 6.99. The summed E-state index contributed by atoms with van der Waals surface area (Å²) in [6.07, 6.45) is -5.65. The van der Waals surface area contributed by atoms with Gasteiger partial charge in [-0.15, -0.1) is 0 Å². The van der Waals surface area contributed by atoms with E-state index in [9.17, 15) is 31.5 Å². The Balaban J connectivity index is 1.81. The molecule has 2 aromatic carbocycles. The third-order valence-corrected chi connectivity index (χ3v) is 8.43. The van der Waals surface area contributed by atoms with Crippen LogP contribution in [0.3, 0.4) is 0 Å². The van der Waals surface area contributed by atoms with E-state index in [1.165, 1.54) is 0 Å². The lowest BCUT2D eigenvalue weighted by atomic mass is 10.0. The quantitative estimate of drug-likeness (QED) is 0.397. The van der Waals surface area contributed by atoms with Crippen molar-refractivity contribution in [3.05, 3.63) is 65.7 Å². The molecule has 1 saturated heterocycles. The highest BCUT2D eigenvalue weighted by Gasteiger charge is 2.34. The summed E-state index contributed by atoms with van der Waals surface area (Å²) >= 11 is 0. The third-order valence-electron chi connectivity index (χ3n) is 6.58. The maximum Gasteiger partial charge on any atom is 0.416 e. The van der Waals surface area contributed by atoms with Crippen LogP contribution in [0.1, 0.15) is 31.9 Å². The Morgan fingerprint density at radius 2 is 1.77 bits per heavy atom. The van der Waals surface area contributed by atoms with Gasteiger partial charge >= 0.3 is 6.18 Å². The number of carbonyl (C=O) groups is 1. The topological polar surface area (TPSA) is 99.2 Å². The summed E-state index contributed by atoms with van der Waals surface area (Å²) in [6, 6.07) is 11.7. The van der Waals surface area contributed by atoms with Crippen molar-refractivity contribution in [3.8, 4) is 0 Å². The van der Waals surface area contributed by atoms with Crippen molar-refractivity contribution in [1.29, 1.82) is 0 Å². The lowest BCUT2D eigenvalue weighted by molar-refractivity contribution is -0.137. The molecule has 0 spiro atoms. The lowest BCUT2D eigenvalue weighted by Gasteiger charge is -2.33. The Morgan fingerprint density at radius 1 is 1.12 bits per heavy atom. The zero-order valence-electron chi connectivity index (χ0n) is 23.0. The monoisotopic (exact) mass is 585 g/mol. The molecular formula is C28H38F3N3O5S. The van der Waals surface area contributed by atoms with Crippen LogP contribution in [-0.4, -0.2) is 86.2 Å². The van der Waals surface area contributed by atoms with Crippen LogP contribution in [0, 0.1) is 5.92 Å². The third kappa shape index (κ3) is 9.27. The first kappa shape index (κ1) is 32.0. The van der Waals surface area contributed by atoms with Crippen LogP contribution in [0.15, 0.2) is 59.5 Å². The van der Waals surface area contributed by atoms with Gasteiger partial charge in [0.2, 0.25) is 15.9 Å². The number of sulfonamides is 1. The van der Waals surface area contributed by atoms with E-state index in [1.54, 1.807) is 13.8 Å². The smallest absolute Gasteiger partial charge is 0.390 e. The van der Waals surface area contributed by atoms with Crippen molar-refractivity contribution >= 4 is 15.9 Å². The van der Waals surface area contributed by atoms with E-state index in [4.69, 9.17) is 4.74 Å². The minimum absolute atomic E-state index is 0.00717. The van der Waals surface area contributed by atoms with Crippen molar-refractivity contribution in [2.24, 2.45) is 5.92 Å². The molecule has 1 aliphatic heterocycles. The number of nitrogens with zero attached hydrogens (tertiary/aromatic N) is 2. The van der Waals surface area contributed by atoms with Crippen LogP contribution in [0.5, 0.6) is 0 Å². The molecule has 1 aliphatic rings. The van der Waals surface area contributed by atoms with Gasteiger partial charge in [0.05, 0.1) is 41.9 Å². The molecule has 0 aromatic heterocycles. The van der Waals surface area contributed by atoms with Crippen molar-refractivity contribution in [2.45, 2.75) is 56.5 Å². The van der Waals surface area contributed by atoms with Gasteiger partial charge in [0.15, 0.2) is 0 Å². The summed E-state index contributed by atoms with van der Waals surface area (Å²) in [5.41, 5.74) is -0.116. The molecule has 2 aromatic rings. The number of hydrogen-bond donors (Lipinski definition) is 2. The number of morpholine rings is 1. The molecular weight excluding hydrogens is 547 g/mol. The molecule has 0 bridgehead atoms. The van der Waals surface area contributed by atoms with Crippen LogP contribution in [0.25, 0.3) is 0 Å². The number of amides is 1. The van der Waals surface area contributed by atoms with Crippen LogP contribution in [0.4, 0.5) is 13.2 Å². The Morgan fingerprint density at radius 3 is 2.35 bits per heavy atom. The first-order valence-electron chi connectivity index (χ1n) is 13.3. The minimum Gasteiger partial charge on any atom is -0.390 e. The second-order valence-electron chi connectivity index (χ2n) is 10.6. The standard InChI is InChI=1S/C28H38F3N3O5S/c1-20(2)16-34(40(37,38)24-11-9-23(10-12-24)28(29,30)31)18-26(35)25(15-22-7-5-4-6-8-22)32-27(36)19-33-13-14-39-21(3)17-33/h4-12,20-21,25-26,35H,13-19H2,1-3H3,(H,32,36)/t21-,25+,26-/m1/s1. The van der Waals surface area contributed by atoms with Crippen LogP contribution < -0.4 is 5.32 Å². The first-order chi connectivity index (χ1) is 18.8. The van der Waals surface area contributed by atoms with Crippen molar-refractivity contribution in [3.63, 3.8) is 0 Å². The molecule has 222 valence electrons. The van der Waals surface area contributed by atoms with Gasteiger partial charge in [-0.25, -0.2) is 8.42 Å². The first-order valence-corrected chi connectivity index (χ1v) is 14.7. The second-order valence-corrected chi connectivity index (χ2v) is 12.5. The van der Waals surface area contributed by atoms with Crippen molar-refractivity contribution in [1.82, 2.24) is 14.5 Å². The summed E-state index contributed by atoms with van der Waals surface area (Å²) in [5.74, 6) is -0.447. The molecule has 1 heterocycles. The van der Waals surface area contributed by atoms with E-state index < -0.39 is 33.9 Å². The lowest BCUT2D eigenvalue weighted by Crippen LogP contribution is -2.53. The van der Waals surface area contributed by atoms with Crippen LogP contribution >= 0.6 is 0 Å². The van der Waals surface area contributed by atoms with Gasteiger partial charge in [-0.2, -0.15) is 17.5 Å². The fourth-order valence-corrected chi connectivity index (χ4v) is 6.24. The highest BCUT2D eigenvalue weighted by Crippen LogP contribution is 2.30. The number of alkyl halides is 3. The van der Waals surface area contributed by atoms with Crippen LogP contribution in [-0.2, 0) is 32.2 Å². The molecule has 3 atom stereocenters. The van der Waals surface area contributed by atoms with Gasteiger partial charge in [0.1, 0.15) is 0 Å². The number of halogens is 3. The number of hydrogen-bond acceptors (Lipinski definition) is 6. The predicted octanol–water partition coefficient (Wildman–Crippen LogP) is 3.16. The minimum atomic E-state index is -4.60. The molecule has 0 aliphatic carbocycles. The van der Waals surface area contributed by atoms with E-state index in [0.717, 1.165) is 34.1 Å². The number of carbonyl (C=O) groups excluding carboxylic acids is 1. The van der Waals surface area contributed by atoms with Crippen LogP contribution in [0.2, 0.25) is 0 Å². The number of nitrogens with one attached hydrogen (secondary N) is 1. The van der Waals surface area contributed by atoms with E-state index >= 15 is 0 Å². The molecule has 0 saturated carbocycles. The number of benzene rings is 2. The Hall–Kier alpha value is -2.51. The molecule has 3 rings (SSSR count). The molecule has 1 fully saturated rings. The molecule has 1 amide bonds. The predicted molar refractivity (Wildman–Crippen MR) is 145 cm³/mol. The second kappa shape index (κ2) is 13.9. The van der Waals surface area contributed by atoms with Gasteiger partial charge in [0, 0.05) is 26.2 Å². The molecule has 40 heavy (non-hydrogen) atoms. The van der Waals surface area contributed by atoms with E-state index in [1.807, 2.05) is 42.2 Å². The van der Waals surface area contributed by atoms with E-state index in [0.29, 0.717) is 19.7 Å². The fourth-order valence-electron chi connectivity index (χ4n) is 4.62. The number of aliphatic hydroxyl groups excluding tert-OH is 1. The maximum atomic E-state index is 13.5. The summed E-state index contributed by atoms with van der Waals surface area (Å²) < 4.78 is 72.6. The zero-order valence-corrected chi connectivity index (χ0v) is 23.8. The molecule has 8 nitrogen and oxygen atoms in total. The largest absolute Gasteiger partial charge is 0.416 e. The van der Waals surface area contributed by atoms with Gasteiger partial charge in [-0.3, -0.25) is 9.69 Å². The number of rotatable bonds is 12. The molecule has 12 heteroatoms. The maximum absolute atomic E-state index is 13.5. The van der Waals surface area contributed by atoms with E-state index in [-0.39, 0.29) is 48.9 Å². The van der Waals surface area contributed by atoms with Gasteiger partial charge in [0.25, 0.3) is 0 Å². The van der Waals surface area contributed by atoms with Crippen molar-refractivity contribution in [2.75, 3.05) is 39.3 Å². The molecule has 0 unspecified atom stereocenters. The van der Waals surface area contributed by atoms with Crippen molar-refractivity contribution < 1.29 is 36.2 Å². The van der Waals surface area contributed by atoms with Gasteiger partial charge in [-0.05, 0) is 49.1 Å². The average molecular weight is 586 g/mol. The Labute approximate surface area is 234 Å². The number of aliphatic hydroxyl groups is 1. The Bertz CT molecular complexity index is 1190. The van der Waals surface area contributed by atoms with E-state index in [2.05, 4.69) is 5.32 Å². The number of ether oxygens (including phenoxy) is 1. The zero-order chi connectivity index (χ0) is 29.5. The highest BCUT2D eigenvalue weighted by atomic mass is 32.2. The molecule has 2 N–H and O–H groups in total. The normalized spacial score (nSPS) is 18.6. The summed E-state index contributed by atoms with van der Waals surface area (Å²) in [5, 5.41) is 14.2. The Kier molecular flexibility index (Phi) is 11.1. The SMILES string of the molecule is CC(C)CN(C[C@@H](O)[C@H](Cc1ccccc1)NC(=O)CN1CCO[C@H](C)C1)S(=O)(=O)c1ccc(C(F)(F)F)cc1. The van der Waals surface area contributed by atoms with Gasteiger partial charge < -0.3 is 15.2 Å². The molecule has 0 radical (unpaired) electrons. The summed E-state index contributed by atoms with van der Waals surface area (Å²) in [7, 11) is -4.25. The fraction of sp³-hybridized carbons (Fsp3) is 0.536. The van der Waals surface area contributed by atoms with Gasteiger partial charge in [-0.1, -0.05) is 44.2 Å². The summed E-state index contributed by atoms with van der Waals surface area (Å²) in [4.78, 5) is 14.6. The average Bonchev–Trinajstić information content (AvgIpc) is 2.87.